The predicted octanol–water partition coefficient (Wildman–Crippen LogP) is 3.34. The monoisotopic (exact) mass is 333 g/mol. The van der Waals surface area contributed by atoms with Gasteiger partial charge in [-0.2, -0.15) is 0 Å². The van der Waals surface area contributed by atoms with Crippen molar-refractivity contribution >= 4 is 43.6 Å². The standard InChI is InChI=1S/C10H9Br2NO2/c1-15-10(14)13-3-2-6-4-7(11)5-8(12)9(6)13/h4-5H,2-3H2,1H3. The van der Waals surface area contributed by atoms with Crippen LogP contribution < -0.4 is 4.90 Å². The van der Waals surface area contributed by atoms with E-state index in [-0.39, 0.29) is 6.09 Å². The van der Waals surface area contributed by atoms with Crippen LogP contribution >= 0.6 is 31.9 Å². The summed E-state index contributed by atoms with van der Waals surface area (Å²) in [6, 6.07) is 3.96. The van der Waals surface area contributed by atoms with Crippen LogP contribution in [0.5, 0.6) is 0 Å². The second-order valence-corrected chi connectivity index (χ2v) is 5.04. The fourth-order valence-corrected chi connectivity index (χ4v) is 3.28. The van der Waals surface area contributed by atoms with E-state index in [0.29, 0.717) is 6.54 Å². The molecular weight excluding hydrogens is 326 g/mol. The molecule has 1 aliphatic heterocycles. The van der Waals surface area contributed by atoms with Gasteiger partial charge in [0.25, 0.3) is 0 Å². The molecule has 5 heteroatoms. The summed E-state index contributed by atoms with van der Waals surface area (Å²) in [5, 5.41) is 0. The van der Waals surface area contributed by atoms with Crippen molar-refractivity contribution in [2.24, 2.45) is 0 Å². The molecule has 3 nitrogen and oxygen atoms in total. The number of ether oxygens (including phenoxy) is 1. The van der Waals surface area contributed by atoms with Crippen LogP contribution in [-0.2, 0) is 11.2 Å². The lowest BCUT2D eigenvalue weighted by atomic mass is 10.2. The van der Waals surface area contributed by atoms with E-state index in [4.69, 9.17) is 4.74 Å². The first kappa shape index (κ1) is 11.0. The quantitative estimate of drug-likeness (QED) is 0.728. The lowest BCUT2D eigenvalue weighted by Gasteiger charge is -2.16. The number of carbonyl (C=O) groups excluding carboxylic acids is 1. The van der Waals surface area contributed by atoms with Gasteiger partial charge in [-0.1, -0.05) is 15.9 Å². The van der Waals surface area contributed by atoms with Crippen molar-refractivity contribution in [2.75, 3.05) is 18.6 Å². The topological polar surface area (TPSA) is 29.5 Å². The van der Waals surface area contributed by atoms with Crippen molar-refractivity contribution in [3.63, 3.8) is 0 Å². The lowest BCUT2D eigenvalue weighted by molar-refractivity contribution is 0.179. The summed E-state index contributed by atoms with van der Waals surface area (Å²) in [5.74, 6) is 0. The molecular formula is C10H9Br2NO2. The van der Waals surface area contributed by atoms with E-state index < -0.39 is 0 Å². The summed E-state index contributed by atoms with van der Waals surface area (Å²) >= 11 is 6.88. The molecule has 0 unspecified atom stereocenters. The molecule has 0 N–H and O–H groups in total. The molecule has 1 aliphatic rings. The zero-order valence-corrected chi connectivity index (χ0v) is 11.3. The Morgan fingerprint density at radius 3 is 2.87 bits per heavy atom. The average molecular weight is 335 g/mol. The number of hydrogen-bond acceptors (Lipinski definition) is 2. The highest BCUT2D eigenvalue weighted by Crippen LogP contribution is 2.38. The van der Waals surface area contributed by atoms with Gasteiger partial charge in [-0.05, 0) is 40.0 Å². The first-order valence-corrected chi connectivity index (χ1v) is 6.05. The molecule has 0 saturated heterocycles. The number of halogens is 2. The Hall–Kier alpha value is -0.550. The number of rotatable bonds is 0. The van der Waals surface area contributed by atoms with Gasteiger partial charge in [-0.3, -0.25) is 4.90 Å². The van der Waals surface area contributed by atoms with Crippen LogP contribution in [0.4, 0.5) is 10.5 Å². The lowest BCUT2D eigenvalue weighted by Crippen LogP contribution is -2.28. The van der Waals surface area contributed by atoms with E-state index in [0.717, 1.165) is 26.6 Å². The summed E-state index contributed by atoms with van der Waals surface area (Å²) < 4.78 is 6.66. The Labute approximate surface area is 105 Å². The second-order valence-electron chi connectivity index (χ2n) is 3.27. The molecule has 0 radical (unpaired) electrons. The molecule has 1 aromatic rings. The van der Waals surface area contributed by atoms with Crippen molar-refractivity contribution in [2.45, 2.75) is 6.42 Å². The number of anilines is 1. The number of hydrogen-bond donors (Lipinski definition) is 0. The third kappa shape index (κ3) is 1.90. The number of amides is 1. The number of methoxy groups -OCH3 is 1. The fourth-order valence-electron chi connectivity index (χ4n) is 1.75. The Balaban J connectivity index is 2.46. The molecule has 2 rings (SSSR count). The molecule has 0 aliphatic carbocycles. The predicted molar refractivity (Wildman–Crippen MR) is 65.3 cm³/mol. The third-order valence-electron chi connectivity index (χ3n) is 2.38. The Morgan fingerprint density at radius 1 is 1.47 bits per heavy atom. The molecule has 0 fully saturated rings. The number of nitrogens with zero attached hydrogens (tertiary/aromatic N) is 1. The molecule has 1 aromatic carbocycles. The van der Waals surface area contributed by atoms with Gasteiger partial charge < -0.3 is 4.74 Å². The summed E-state index contributed by atoms with van der Waals surface area (Å²) in [6.45, 7) is 0.678. The second kappa shape index (κ2) is 4.14. The first-order chi connectivity index (χ1) is 7.13. The highest BCUT2D eigenvalue weighted by atomic mass is 79.9. The maximum absolute atomic E-state index is 11.5. The molecule has 80 valence electrons. The minimum Gasteiger partial charge on any atom is -0.452 e. The Morgan fingerprint density at radius 2 is 2.20 bits per heavy atom. The van der Waals surface area contributed by atoms with E-state index in [2.05, 4.69) is 31.9 Å². The summed E-state index contributed by atoms with van der Waals surface area (Å²) in [6.07, 6.45) is 0.555. The molecule has 0 bridgehead atoms. The average Bonchev–Trinajstić information content (AvgIpc) is 2.60. The van der Waals surface area contributed by atoms with Crippen LogP contribution in [0.15, 0.2) is 21.1 Å². The van der Waals surface area contributed by atoms with Gasteiger partial charge in [-0.15, -0.1) is 0 Å². The maximum atomic E-state index is 11.5. The van der Waals surface area contributed by atoms with Crippen LogP contribution in [0.3, 0.4) is 0 Å². The molecule has 0 spiro atoms. The van der Waals surface area contributed by atoms with E-state index in [1.807, 2.05) is 12.1 Å². The first-order valence-electron chi connectivity index (χ1n) is 4.47. The van der Waals surface area contributed by atoms with Crippen molar-refractivity contribution in [3.8, 4) is 0 Å². The normalized spacial score (nSPS) is 13.9. The smallest absolute Gasteiger partial charge is 0.414 e. The highest BCUT2D eigenvalue weighted by Gasteiger charge is 2.27. The van der Waals surface area contributed by atoms with E-state index in [1.54, 1.807) is 4.90 Å². The number of fused-ring (bicyclic) bond motifs is 1. The molecule has 1 heterocycles. The minimum absolute atomic E-state index is 0.309. The summed E-state index contributed by atoms with van der Waals surface area (Å²) in [4.78, 5) is 13.1. The van der Waals surface area contributed by atoms with Crippen LogP contribution in [0, 0.1) is 0 Å². The molecule has 0 aromatic heterocycles. The summed E-state index contributed by atoms with van der Waals surface area (Å²) in [5.41, 5.74) is 2.08. The van der Waals surface area contributed by atoms with Gasteiger partial charge in [0.15, 0.2) is 0 Å². The SMILES string of the molecule is COC(=O)N1CCc2cc(Br)cc(Br)c21. The van der Waals surface area contributed by atoms with Gasteiger partial charge in [0.05, 0.1) is 12.8 Å². The number of benzene rings is 1. The minimum atomic E-state index is -0.309. The van der Waals surface area contributed by atoms with Gasteiger partial charge in [0.2, 0.25) is 0 Å². The molecule has 1 amide bonds. The van der Waals surface area contributed by atoms with Crippen molar-refractivity contribution < 1.29 is 9.53 Å². The molecule has 15 heavy (non-hydrogen) atoms. The van der Waals surface area contributed by atoms with E-state index in [9.17, 15) is 4.79 Å². The van der Waals surface area contributed by atoms with Crippen LogP contribution in [0.25, 0.3) is 0 Å². The van der Waals surface area contributed by atoms with E-state index in [1.165, 1.54) is 7.11 Å². The Kier molecular flexibility index (Phi) is 3.02. The fraction of sp³-hybridized carbons (Fsp3) is 0.300. The van der Waals surface area contributed by atoms with Crippen LogP contribution in [0.1, 0.15) is 5.56 Å². The zero-order chi connectivity index (χ0) is 11.0. The van der Waals surface area contributed by atoms with Gasteiger partial charge in [-0.25, -0.2) is 4.79 Å². The van der Waals surface area contributed by atoms with Crippen LogP contribution in [0.2, 0.25) is 0 Å². The molecule has 0 saturated carbocycles. The Bertz CT molecular complexity index is 420. The van der Waals surface area contributed by atoms with Gasteiger partial charge in [0.1, 0.15) is 0 Å². The van der Waals surface area contributed by atoms with Crippen molar-refractivity contribution in [1.82, 2.24) is 0 Å². The maximum Gasteiger partial charge on any atom is 0.414 e. The van der Waals surface area contributed by atoms with Crippen molar-refractivity contribution in [3.05, 3.63) is 26.6 Å². The van der Waals surface area contributed by atoms with E-state index >= 15 is 0 Å². The van der Waals surface area contributed by atoms with Gasteiger partial charge in [0, 0.05) is 15.5 Å². The summed E-state index contributed by atoms with van der Waals surface area (Å²) in [7, 11) is 1.40. The van der Waals surface area contributed by atoms with Gasteiger partial charge >= 0.3 is 6.09 Å². The zero-order valence-electron chi connectivity index (χ0n) is 8.09. The number of carbonyl (C=O) groups is 1. The highest BCUT2D eigenvalue weighted by molar-refractivity contribution is 9.11. The third-order valence-corrected chi connectivity index (χ3v) is 3.44. The molecule has 0 atom stereocenters. The largest absolute Gasteiger partial charge is 0.452 e. The van der Waals surface area contributed by atoms with Crippen LogP contribution in [-0.4, -0.2) is 19.7 Å². The van der Waals surface area contributed by atoms with Crippen molar-refractivity contribution in [1.29, 1.82) is 0 Å².